The average molecular weight is 322 g/mol. The Kier molecular flexibility index (Phi) is 3.82. The minimum Gasteiger partial charge on any atom is -0.483 e. The minimum absolute atomic E-state index is 0.0208. The van der Waals surface area contributed by atoms with Gasteiger partial charge in [-0.2, -0.15) is 0 Å². The fourth-order valence-electron chi connectivity index (χ4n) is 2.72. The zero-order chi connectivity index (χ0) is 15.7. The van der Waals surface area contributed by atoms with E-state index < -0.39 is 9.84 Å². The Morgan fingerprint density at radius 2 is 2.23 bits per heavy atom. The van der Waals surface area contributed by atoms with E-state index in [4.69, 9.17) is 4.74 Å². The number of sulfone groups is 1. The predicted octanol–water partition coefficient (Wildman–Crippen LogP) is 0.860. The lowest BCUT2D eigenvalue weighted by Gasteiger charge is -2.12. The van der Waals surface area contributed by atoms with Gasteiger partial charge in [-0.3, -0.25) is 4.79 Å². The van der Waals surface area contributed by atoms with Crippen molar-refractivity contribution in [3.8, 4) is 5.75 Å². The van der Waals surface area contributed by atoms with Crippen LogP contribution in [-0.2, 0) is 21.7 Å². The lowest BCUT2D eigenvalue weighted by Crippen LogP contribution is -2.38. The molecule has 1 aromatic heterocycles. The number of nitrogens with zero attached hydrogens (tertiary/aromatic N) is 1. The number of carbonyl (C=O) groups is 1. The lowest BCUT2D eigenvalue weighted by atomic mass is 10.2. The van der Waals surface area contributed by atoms with E-state index in [1.165, 1.54) is 0 Å². The molecule has 0 spiro atoms. The number of hydrogen-bond donors (Lipinski definition) is 1. The SMILES string of the molecule is Cn1ccc2c(OCC(=O)N[C@H]3CCS(=O)(=O)C3)cccc21. The molecule has 0 bridgehead atoms. The van der Waals surface area contributed by atoms with Gasteiger partial charge in [-0.05, 0) is 24.6 Å². The number of rotatable bonds is 4. The van der Waals surface area contributed by atoms with E-state index in [9.17, 15) is 13.2 Å². The molecule has 2 aromatic rings. The van der Waals surface area contributed by atoms with Crippen LogP contribution < -0.4 is 10.1 Å². The first-order valence-electron chi connectivity index (χ1n) is 7.11. The molecule has 1 aliphatic rings. The molecule has 1 aromatic carbocycles. The number of benzene rings is 1. The Balaban J connectivity index is 1.61. The molecule has 3 rings (SSSR count). The third-order valence-electron chi connectivity index (χ3n) is 3.84. The summed E-state index contributed by atoms with van der Waals surface area (Å²) in [5.41, 5.74) is 1.03. The quantitative estimate of drug-likeness (QED) is 0.906. The van der Waals surface area contributed by atoms with Crippen LogP contribution in [0.5, 0.6) is 5.75 Å². The standard InChI is InChI=1S/C15H18N2O4S/c1-17-7-5-12-13(17)3-2-4-14(12)21-9-15(18)16-11-6-8-22(19,20)10-11/h2-5,7,11H,6,8-10H2,1H3,(H,16,18)/t11-/m0/s1. The fourth-order valence-corrected chi connectivity index (χ4v) is 4.39. The summed E-state index contributed by atoms with van der Waals surface area (Å²) in [6.45, 7) is -0.120. The van der Waals surface area contributed by atoms with E-state index in [2.05, 4.69) is 5.32 Å². The van der Waals surface area contributed by atoms with Crippen molar-refractivity contribution in [2.75, 3.05) is 18.1 Å². The van der Waals surface area contributed by atoms with Crippen molar-refractivity contribution in [3.63, 3.8) is 0 Å². The highest BCUT2D eigenvalue weighted by atomic mass is 32.2. The van der Waals surface area contributed by atoms with Crippen LogP contribution in [-0.4, -0.2) is 43.0 Å². The van der Waals surface area contributed by atoms with Gasteiger partial charge in [0.15, 0.2) is 16.4 Å². The second-order valence-corrected chi connectivity index (χ2v) is 7.80. The summed E-state index contributed by atoms with van der Waals surface area (Å²) in [7, 11) is -1.05. The zero-order valence-corrected chi connectivity index (χ0v) is 13.1. The van der Waals surface area contributed by atoms with E-state index in [1.54, 1.807) is 0 Å². The minimum atomic E-state index is -2.99. The lowest BCUT2D eigenvalue weighted by molar-refractivity contribution is -0.123. The van der Waals surface area contributed by atoms with Gasteiger partial charge in [0.1, 0.15) is 5.75 Å². The smallest absolute Gasteiger partial charge is 0.258 e. The molecule has 1 N–H and O–H groups in total. The van der Waals surface area contributed by atoms with Crippen molar-refractivity contribution in [1.29, 1.82) is 0 Å². The van der Waals surface area contributed by atoms with E-state index in [0.29, 0.717) is 12.2 Å². The summed E-state index contributed by atoms with van der Waals surface area (Å²) in [5, 5.41) is 3.66. The molecule has 118 valence electrons. The molecule has 2 heterocycles. The van der Waals surface area contributed by atoms with Crippen LogP contribution in [0.2, 0.25) is 0 Å². The normalized spacial score (nSPS) is 20.1. The molecule has 0 saturated carbocycles. The number of aromatic nitrogens is 1. The Labute approximate surface area is 129 Å². The number of fused-ring (bicyclic) bond motifs is 1. The van der Waals surface area contributed by atoms with Crippen LogP contribution in [0.3, 0.4) is 0 Å². The van der Waals surface area contributed by atoms with Gasteiger partial charge < -0.3 is 14.6 Å². The van der Waals surface area contributed by atoms with Gasteiger partial charge in [-0.15, -0.1) is 0 Å². The number of amides is 1. The van der Waals surface area contributed by atoms with E-state index in [0.717, 1.165) is 10.9 Å². The number of aryl methyl sites for hydroxylation is 1. The summed E-state index contributed by atoms with van der Waals surface area (Å²) in [6, 6.07) is 7.31. The third kappa shape index (κ3) is 3.09. The van der Waals surface area contributed by atoms with E-state index in [1.807, 2.05) is 42.1 Å². The highest BCUT2D eigenvalue weighted by Gasteiger charge is 2.28. The molecule has 1 aliphatic heterocycles. The molecular formula is C15H18N2O4S. The number of nitrogens with one attached hydrogen (secondary N) is 1. The van der Waals surface area contributed by atoms with Crippen molar-refractivity contribution in [2.45, 2.75) is 12.5 Å². The highest BCUT2D eigenvalue weighted by molar-refractivity contribution is 7.91. The van der Waals surface area contributed by atoms with Crippen molar-refractivity contribution in [2.24, 2.45) is 7.05 Å². The van der Waals surface area contributed by atoms with Crippen molar-refractivity contribution in [3.05, 3.63) is 30.5 Å². The molecule has 1 atom stereocenters. The monoisotopic (exact) mass is 322 g/mol. The first-order chi connectivity index (χ1) is 10.4. The molecule has 1 fully saturated rings. The first kappa shape index (κ1) is 14.9. The molecule has 1 saturated heterocycles. The second kappa shape index (κ2) is 5.64. The zero-order valence-electron chi connectivity index (χ0n) is 12.3. The Bertz CT molecular complexity index is 810. The second-order valence-electron chi connectivity index (χ2n) is 5.57. The Morgan fingerprint density at radius 1 is 1.41 bits per heavy atom. The largest absolute Gasteiger partial charge is 0.483 e. The van der Waals surface area contributed by atoms with Crippen LogP contribution in [0.4, 0.5) is 0 Å². The third-order valence-corrected chi connectivity index (χ3v) is 5.61. The van der Waals surface area contributed by atoms with Gasteiger partial charge in [0.2, 0.25) is 0 Å². The molecule has 1 amide bonds. The molecular weight excluding hydrogens is 304 g/mol. The maximum Gasteiger partial charge on any atom is 0.258 e. The van der Waals surface area contributed by atoms with Gasteiger partial charge in [-0.25, -0.2) is 8.42 Å². The molecule has 6 nitrogen and oxygen atoms in total. The summed E-state index contributed by atoms with van der Waals surface area (Å²) in [4.78, 5) is 11.9. The maximum atomic E-state index is 11.9. The summed E-state index contributed by atoms with van der Waals surface area (Å²) in [6.07, 6.45) is 2.41. The van der Waals surface area contributed by atoms with Crippen LogP contribution in [0, 0.1) is 0 Å². The fraction of sp³-hybridized carbons (Fsp3) is 0.400. The van der Waals surface area contributed by atoms with Crippen LogP contribution >= 0.6 is 0 Å². The van der Waals surface area contributed by atoms with Crippen LogP contribution in [0.15, 0.2) is 30.5 Å². The van der Waals surface area contributed by atoms with Crippen LogP contribution in [0.25, 0.3) is 10.9 Å². The maximum absolute atomic E-state index is 11.9. The van der Waals surface area contributed by atoms with Crippen LogP contribution in [0.1, 0.15) is 6.42 Å². The summed E-state index contributed by atoms with van der Waals surface area (Å²) < 4.78 is 30.3. The number of carbonyl (C=O) groups excluding carboxylic acids is 1. The number of hydrogen-bond acceptors (Lipinski definition) is 4. The molecule has 0 unspecified atom stereocenters. The van der Waals surface area contributed by atoms with Gasteiger partial charge in [0, 0.05) is 24.7 Å². The van der Waals surface area contributed by atoms with Gasteiger partial charge in [0.25, 0.3) is 5.91 Å². The summed E-state index contributed by atoms with van der Waals surface area (Å²) in [5.74, 6) is 0.511. The predicted molar refractivity (Wildman–Crippen MR) is 83.6 cm³/mol. The Hall–Kier alpha value is -2.02. The Morgan fingerprint density at radius 3 is 2.95 bits per heavy atom. The van der Waals surface area contributed by atoms with Gasteiger partial charge >= 0.3 is 0 Å². The van der Waals surface area contributed by atoms with Gasteiger partial charge in [0.05, 0.1) is 17.0 Å². The topological polar surface area (TPSA) is 77.4 Å². The van der Waals surface area contributed by atoms with Crippen molar-refractivity contribution >= 4 is 26.6 Å². The van der Waals surface area contributed by atoms with Crippen molar-refractivity contribution < 1.29 is 17.9 Å². The molecule has 22 heavy (non-hydrogen) atoms. The first-order valence-corrected chi connectivity index (χ1v) is 8.93. The van der Waals surface area contributed by atoms with E-state index >= 15 is 0 Å². The van der Waals surface area contributed by atoms with E-state index in [-0.39, 0.29) is 30.1 Å². The van der Waals surface area contributed by atoms with Gasteiger partial charge in [-0.1, -0.05) is 6.07 Å². The average Bonchev–Trinajstić information content (AvgIpc) is 3.00. The molecule has 7 heteroatoms. The van der Waals surface area contributed by atoms with Crippen molar-refractivity contribution in [1.82, 2.24) is 9.88 Å². The highest BCUT2D eigenvalue weighted by Crippen LogP contribution is 2.25. The molecule has 0 radical (unpaired) electrons. The molecule has 0 aliphatic carbocycles. The number of ether oxygens (including phenoxy) is 1. The summed E-state index contributed by atoms with van der Waals surface area (Å²) >= 11 is 0.